The average molecular weight is 404 g/mol. The second-order valence-electron chi connectivity index (χ2n) is 5.48. The van der Waals surface area contributed by atoms with Crippen LogP contribution in [0, 0.1) is 0 Å². The van der Waals surface area contributed by atoms with Gasteiger partial charge in [0.15, 0.2) is 4.34 Å². The van der Waals surface area contributed by atoms with Gasteiger partial charge in [-0.05, 0) is 31.5 Å². The predicted octanol–water partition coefficient (Wildman–Crippen LogP) is 2.75. The number of aromatic nitrogens is 1. The maximum atomic E-state index is 12.4. The van der Waals surface area contributed by atoms with Crippen LogP contribution in [0.2, 0.25) is 0 Å². The largest absolute Gasteiger partial charge is 0.289 e. The molecule has 1 heterocycles. The van der Waals surface area contributed by atoms with Crippen molar-refractivity contribution in [2.75, 3.05) is 5.75 Å². The van der Waals surface area contributed by atoms with E-state index in [9.17, 15) is 13.2 Å². The molecule has 1 amide bonds. The Bertz CT molecular complexity index is 836. The highest BCUT2D eigenvalue weighted by atomic mass is 32.2. The van der Waals surface area contributed by atoms with Crippen LogP contribution in [0.4, 0.5) is 0 Å². The SMILES string of the molecule is CCCCCSc1nc2ccc(S(=O)(=O)N[C@H](C)C(=O)NO)cc2s1. The third-order valence-corrected chi connectivity index (χ3v) is 7.25. The fourth-order valence-electron chi connectivity index (χ4n) is 2.08. The van der Waals surface area contributed by atoms with Crippen molar-refractivity contribution in [1.29, 1.82) is 0 Å². The Balaban J connectivity index is 2.15. The number of hydrogen-bond donors (Lipinski definition) is 3. The van der Waals surface area contributed by atoms with Gasteiger partial charge in [-0.25, -0.2) is 18.9 Å². The van der Waals surface area contributed by atoms with Gasteiger partial charge in [0, 0.05) is 5.75 Å². The van der Waals surface area contributed by atoms with Crippen LogP contribution in [-0.4, -0.2) is 36.3 Å². The molecule has 7 nitrogen and oxygen atoms in total. The summed E-state index contributed by atoms with van der Waals surface area (Å²) in [6, 6.07) is 3.58. The van der Waals surface area contributed by atoms with Crippen LogP contribution in [0.3, 0.4) is 0 Å². The smallest absolute Gasteiger partial charge is 0.261 e. The van der Waals surface area contributed by atoms with Crippen LogP contribution in [0.15, 0.2) is 27.4 Å². The van der Waals surface area contributed by atoms with Crippen molar-refractivity contribution in [1.82, 2.24) is 15.2 Å². The van der Waals surface area contributed by atoms with Crippen molar-refractivity contribution in [3.05, 3.63) is 18.2 Å². The maximum absolute atomic E-state index is 12.4. The zero-order valence-electron chi connectivity index (χ0n) is 14.0. The summed E-state index contributed by atoms with van der Waals surface area (Å²) in [5, 5.41) is 8.58. The Morgan fingerprint density at radius 2 is 2.16 bits per heavy atom. The van der Waals surface area contributed by atoms with Crippen LogP contribution in [-0.2, 0) is 14.8 Å². The minimum Gasteiger partial charge on any atom is -0.289 e. The Labute approximate surface area is 155 Å². The molecule has 0 aliphatic heterocycles. The fraction of sp³-hybridized carbons (Fsp3) is 0.467. The van der Waals surface area contributed by atoms with E-state index in [1.54, 1.807) is 23.9 Å². The lowest BCUT2D eigenvalue weighted by Crippen LogP contribution is -2.43. The molecule has 2 aromatic rings. The molecule has 138 valence electrons. The van der Waals surface area contributed by atoms with Gasteiger partial charge in [-0.2, -0.15) is 4.72 Å². The Morgan fingerprint density at radius 1 is 1.40 bits per heavy atom. The number of sulfonamides is 1. The Kier molecular flexibility index (Phi) is 7.20. The van der Waals surface area contributed by atoms with Gasteiger partial charge in [0.05, 0.1) is 15.1 Å². The highest BCUT2D eigenvalue weighted by Crippen LogP contribution is 2.31. The molecule has 0 saturated carbocycles. The first-order valence-corrected chi connectivity index (χ1v) is 11.2. The second-order valence-corrected chi connectivity index (χ2v) is 9.57. The van der Waals surface area contributed by atoms with E-state index >= 15 is 0 Å². The van der Waals surface area contributed by atoms with Crippen molar-refractivity contribution in [3.8, 4) is 0 Å². The van der Waals surface area contributed by atoms with Crippen molar-refractivity contribution in [3.63, 3.8) is 0 Å². The van der Waals surface area contributed by atoms with Gasteiger partial charge >= 0.3 is 0 Å². The number of thiazole rings is 1. The van der Waals surface area contributed by atoms with E-state index in [2.05, 4.69) is 16.6 Å². The summed E-state index contributed by atoms with van der Waals surface area (Å²) in [4.78, 5) is 15.8. The van der Waals surface area contributed by atoms with Gasteiger partial charge in [-0.15, -0.1) is 11.3 Å². The first-order chi connectivity index (χ1) is 11.9. The van der Waals surface area contributed by atoms with Gasteiger partial charge in [0.2, 0.25) is 10.0 Å². The molecule has 10 heteroatoms. The second kappa shape index (κ2) is 8.95. The maximum Gasteiger partial charge on any atom is 0.261 e. The highest BCUT2D eigenvalue weighted by molar-refractivity contribution is 8.01. The minimum atomic E-state index is -3.87. The minimum absolute atomic E-state index is 0.0590. The zero-order chi connectivity index (χ0) is 18.4. The summed E-state index contributed by atoms with van der Waals surface area (Å²) in [6.07, 6.45) is 3.48. The van der Waals surface area contributed by atoms with Crippen molar-refractivity contribution < 1.29 is 18.4 Å². The summed E-state index contributed by atoms with van der Waals surface area (Å²) in [5.74, 6) is 0.168. The molecule has 0 fully saturated rings. The number of hydroxylamine groups is 1. The molecular formula is C15H21N3O4S3. The number of thioether (sulfide) groups is 1. The molecule has 25 heavy (non-hydrogen) atoms. The molecule has 0 bridgehead atoms. The number of nitrogens with zero attached hydrogens (tertiary/aromatic N) is 1. The molecule has 0 aliphatic carbocycles. The summed E-state index contributed by atoms with van der Waals surface area (Å²) < 4.78 is 28.6. The number of carbonyl (C=O) groups is 1. The van der Waals surface area contributed by atoms with E-state index in [0.717, 1.165) is 26.7 Å². The van der Waals surface area contributed by atoms with E-state index in [4.69, 9.17) is 5.21 Å². The zero-order valence-corrected chi connectivity index (χ0v) is 16.4. The lowest BCUT2D eigenvalue weighted by molar-refractivity contribution is -0.130. The molecule has 1 aromatic carbocycles. The van der Waals surface area contributed by atoms with Crippen LogP contribution in [0.25, 0.3) is 10.2 Å². The van der Waals surface area contributed by atoms with Crippen molar-refractivity contribution >= 4 is 49.2 Å². The van der Waals surface area contributed by atoms with Gasteiger partial charge in [0.1, 0.15) is 6.04 Å². The van der Waals surface area contributed by atoms with E-state index in [-0.39, 0.29) is 4.90 Å². The predicted molar refractivity (Wildman–Crippen MR) is 99.6 cm³/mol. The van der Waals surface area contributed by atoms with Crippen molar-refractivity contribution in [2.45, 2.75) is 48.4 Å². The standard InChI is InChI=1S/C15H21N3O4S3/c1-3-4-5-8-23-15-16-12-7-6-11(9-13(12)24-15)25(21,22)18-10(2)14(19)17-20/h6-7,9-10,18,20H,3-5,8H2,1-2H3,(H,17,19)/t10-/m1/s1. The van der Waals surface area contributed by atoms with Crippen LogP contribution >= 0.6 is 23.1 Å². The summed E-state index contributed by atoms with van der Waals surface area (Å²) >= 11 is 3.13. The molecule has 0 aliphatic rings. The lowest BCUT2D eigenvalue weighted by atomic mass is 10.3. The van der Waals surface area contributed by atoms with E-state index < -0.39 is 22.0 Å². The number of rotatable bonds is 9. The quantitative estimate of drug-likeness (QED) is 0.257. The fourth-order valence-corrected chi connectivity index (χ4v) is 5.56. The van der Waals surface area contributed by atoms with Crippen LogP contribution in [0.1, 0.15) is 33.1 Å². The number of benzene rings is 1. The molecule has 0 spiro atoms. The summed E-state index contributed by atoms with van der Waals surface area (Å²) in [7, 11) is -3.87. The molecule has 0 saturated heterocycles. The number of nitrogens with one attached hydrogen (secondary N) is 2. The molecule has 0 unspecified atom stereocenters. The van der Waals surface area contributed by atoms with Crippen LogP contribution < -0.4 is 10.2 Å². The first kappa shape index (κ1) is 20.1. The highest BCUT2D eigenvalue weighted by Gasteiger charge is 2.22. The number of hydrogen-bond acceptors (Lipinski definition) is 7. The van der Waals surface area contributed by atoms with E-state index in [1.165, 1.54) is 42.6 Å². The Morgan fingerprint density at radius 3 is 2.84 bits per heavy atom. The number of unbranched alkanes of at least 4 members (excludes halogenated alkanes) is 2. The van der Waals surface area contributed by atoms with Gasteiger partial charge in [-0.1, -0.05) is 31.5 Å². The first-order valence-electron chi connectivity index (χ1n) is 7.87. The molecule has 1 aromatic heterocycles. The molecular weight excluding hydrogens is 382 g/mol. The lowest BCUT2D eigenvalue weighted by Gasteiger charge is -2.12. The number of carbonyl (C=O) groups excluding carboxylic acids is 1. The monoisotopic (exact) mass is 403 g/mol. The van der Waals surface area contributed by atoms with Gasteiger partial charge in [-0.3, -0.25) is 10.0 Å². The van der Waals surface area contributed by atoms with Crippen LogP contribution in [0.5, 0.6) is 0 Å². The molecule has 1 atom stereocenters. The van der Waals surface area contributed by atoms with Crippen molar-refractivity contribution in [2.24, 2.45) is 0 Å². The topological polar surface area (TPSA) is 108 Å². The normalized spacial score (nSPS) is 13.1. The van der Waals surface area contributed by atoms with Gasteiger partial charge < -0.3 is 0 Å². The third kappa shape index (κ3) is 5.38. The number of fused-ring (bicyclic) bond motifs is 1. The molecule has 0 radical (unpaired) electrons. The van der Waals surface area contributed by atoms with E-state index in [1.807, 2.05) is 0 Å². The molecule has 2 rings (SSSR count). The van der Waals surface area contributed by atoms with Gasteiger partial charge in [0.25, 0.3) is 5.91 Å². The number of amides is 1. The Hall–Kier alpha value is -1.20. The summed E-state index contributed by atoms with van der Waals surface area (Å²) in [5.41, 5.74) is 2.18. The summed E-state index contributed by atoms with van der Waals surface area (Å²) in [6.45, 7) is 3.50. The average Bonchev–Trinajstić information content (AvgIpc) is 2.99. The molecule has 3 N–H and O–H groups in total. The van der Waals surface area contributed by atoms with E-state index in [0.29, 0.717) is 0 Å². The third-order valence-electron chi connectivity index (χ3n) is 3.46.